The number of rotatable bonds is 7. The molecule has 0 aliphatic carbocycles. The molecule has 1 unspecified atom stereocenters. The van der Waals surface area contributed by atoms with Gasteiger partial charge in [-0.2, -0.15) is 13.2 Å². The lowest BCUT2D eigenvalue weighted by atomic mass is 10.2. The molecule has 0 fully saturated rings. The van der Waals surface area contributed by atoms with Gasteiger partial charge in [0, 0.05) is 6.61 Å². The van der Waals surface area contributed by atoms with Gasteiger partial charge in [-0.25, -0.2) is 0 Å². The normalized spacial score (nSPS) is 14.4. The SMILES string of the molecule is CCCCC(C)OCC[CH]C(F)(F)F. The Morgan fingerprint density at radius 2 is 2.00 bits per heavy atom. The van der Waals surface area contributed by atoms with Gasteiger partial charge in [0.25, 0.3) is 0 Å². The first-order chi connectivity index (χ1) is 6.45. The zero-order valence-electron chi connectivity index (χ0n) is 8.73. The van der Waals surface area contributed by atoms with Crippen LogP contribution in [0, 0.1) is 6.42 Å². The second-order valence-electron chi connectivity index (χ2n) is 3.36. The van der Waals surface area contributed by atoms with Crippen LogP contribution in [0.3, 0.4) is 0 Å². The second kappa shape index (κ2) is 7.10. The van der Waals surface area contributed by atoms with Crippen LogP contribution in [0.15, 0.2) is 0 Å². The topological polar surface area (TPSA) is 9.23 Å². The molecule has 0 aliphatic heterocycles. The van der Waals surface area contributed by atoms with E-state index in [2.05, 4.69) is 6.92 Å². The Hall–Kier alpha value is -0.250. The van der Waals surface area contributed by atoms with Crippen molar-refractivity contribution in [3.8, 4) is 0 Å². The Labute approximate surface area is 83.6 Å². The number of hydrogen-bond donors (Lipinski definition) is 0. The molecule has 0 aromatic carbocycles. The lowest BCUT2D eigenvalue weighted by Gasteiger charge is -2.12. The Bertz CT molecular complexity index is 134. The molecule has 0 aromatic rings. The van der Waals surface area contributed by atoms with E-state index < -0.39 is 6.18 Å². The maximum absolute atomic E-state index is 11.7. The van der Waals surface area contributed by atoms with Crippen molar-refractivity contribution in [3.63, 3.8) is 0 Å². The van der Waals surface area contributed by atoms with Gasteiger partial charge in [-0.15, -0.1) is 0 Å². The Kier molecular flexibility index (Phi) is 6.97. The second-order valence-corrected chi connectivity index (χ2v) is 3.36. The van der Waals surface area contributed by atoms with Crippen LogP contribution in [-0.4, -0.2) is 18.9 Å². The minimum absolute atomic E-state index is 0.0556. The van der Waals surface area contributed by atoms with Gasteiger partial charge in [-0.3, -0.25) is 0 Å². The van der Waals surface area contributed by atoms with Crippen molar-refractivity contribution in [2.24, 2.45) is 0 Å². The first-order valence-corrected chi connectivity index (χ1v) is 4.98. The Morgan fingerprint density at radius 1 is 1.36 bits per heavy atom. The molecule has 14 heavy (non-hydrogen) atoms. The maximum Gasteiger partial charge on any atom is 0.392 e. The third-order valence-corrected chi connectivity index (χ3v) is 1.86. The summed E-state index contributed by atoms with van der Waals surface area (Å²) in [5.41, 5.74) is 0. The van der Waals surface area contributed by atoms with Crippen LogP contribution in [0.25, 0.3) is 0 Å². The van der Waals surface area contributed by atoms with E-state index in [1.165, 1.54) is 0 Å². The summed E-state index contributed by atoms with van der Waals surface area (Å²) in [6, 6.07) is 0. The number of ether oxygens (including phenoxy) is 1. The molecule has 4 heteroatoms. The molecule has 0 rings (SSSR count). The van der Waals surface area contributed by atoms with Gasteiger partial charge in [0.1, 0.15) is 0 Å². The van der Waals surface area contributed by atoms with E-state index in [4.69, 9.17) is 4.74 Å². The fraction of sp³-hybridized carbons (Fsp3) is 0.900. The van der Waals surface area contributed by atoms with Crippen molar-refractivity contribution >= 4 is 0 Å². The van der Waals surface area contributed by atoms with Crippen LogP contribution >= 0.6 is 0 Å². The predicted octanol–water partition coefficient (Wildman–Crippen LogP) is 3.74. The fourth-order valence-electron chi connectivity index (χ4n) is 1.07. The molecule has 0 aliphatic rings. The van der Waals surface area contributed by atoms with Crippen molar-refractivity contribution in [2.45, 2.75) is 51.8 Å². The molecule has 0 amide bonds. The average Bonchev–Trinajstić information content (AvgIpc) is 2.07. The third-order valence-electron chi connectivity index (χ3n) is 1.86. The van der Waals surface area contributed by atoms with Gasteiger partial charge in [0.15, 0.2) is 0 Å². The fourth-order valence-corrected chi connectivity index (χ4v) is 1.07. The van der Waals surface area contributed by atoms with E-state index in [1.54, 1.807) is 0 Å². The molecule has 0 heterocycles. The van der Waals surface area contributed by atoms with Crippen molar-refractivity contribution in [2.75, 3.05) is 6.61 Å². The van der Waals surface area contributed by atoms with Gasteiger partial charge in [-0.1, -0.05) is 19.8 Å². The lowest BCUT2D eigenvalue weighted by molar-refractivity contribution is -0.101. The van der Waals surface area contributed by atoms with Crippen LogP contribution in [0.1, 0.15) is 39.5 Å². The van der Waals surface area contributed by atoms with Gasteiger partial charge in [0.05, 0.1) is 12.5 Å². The first kappa shape index (κ1) is 13.8. The minimum atomic E-state index is -4.17. The molecule has 1 atom stereocenters. The number of halogens is 3. The zero-order chi connectivity index (χ0) is 11.0. The summed E-state index contributed by atoms with van der Waals surface area (Å²) in [6.07, 6.45) is -0.763. The highest BCUT2D eigenvalue weighted by atomic mass is 19.4. The summed E-state index contributed by atoms with van der Waals surface area (Å²) in [6.45, 7) is 4.12. The summed E-state index contributed by atoms with van der Waals surface area (Å²) < 4.78 is 40.2. The van der Waals surface area contributed by atoms with E-state index in [-0.39, 0.29) is 19.1 Å². The zero-order valence-corrected chi connectivity index (χ0v) is 8.73. The predicted molar refractivity (Wildman–Crippen MR) is 49.9 cm³/mol. The summed E-state index contributed by atoms with van der Waals surface area (Å²) in [4.78, 5) is 0. The van der Waals surface area contributed by atoms with Crippen LogP contribution in [0.2, 0.25) is 0 Å². The van der Waals surface area contributed by atoms with E-state index in [0.717, 1.165) is 19.3 Å². The quantitative estimate of drug-likeness (QED) is 0.583. The highest BCUT2D eigenvalue weighted by Crippen LogP contribution is 2.20. The maximum atomic E-state index is 11.7. The number of unbranched alkanes of at least 4 members (excludes halogenated alkanes) is 1. The van der Waals surface area contributed by atoms with Gasteiger partial charge in [0.2, 0.25) is 0 Å². The Balaban J connectivity index is 3.27. The van der Waals surface area contributed by atoms with E-state index >= 15 is 0 Å². The standard InChI is InChI=1S/C10H18F3O/c1-3-4-6-9(2)14-8-5-7-10(11,12)13/h7,9H,3-6,8H2,1-2H3. The minimum Gasteiger partial charge on any atom is -0.378 e. The summed E-state index contributed by atoms with van der Waals surface area (Å²) in [5.74, 6) is 0. The summed E-state index contributed by atoms with van der Waals surface area (Å²) >= 11 is 0. The van der Waals surface area contributed by atoms with Gasteiger partial charge < -0.3 is 4.74 Å². The monoisotopic (exact) mass is 211 g/mol. The molecule has 1 nitrogen and oxygen atoms in total. The Morgan fingerprint density at radius 3 is 2.50 bits per heavy atom. The van der Waals surface area contributed by atoms with Crippen molar-refractivity contribution < 1.29 is 17.9 Å². The molecule has 0 saturated carbocycles. The van der Waals surface area contributed by atoms with E-state index in [0.29, 0.717) is 6.42 Å². The molecular weight excluding hydrogens is 193 g/mol. The van der Waals surface area contributed by atoms with Crippen LogP contribution in [0.4, 0.5) is 13.2 Å². The molecule has 85 valence electrons. The van der Waals surface area contributed by atoms with Crippen LogP contribution in [-0.2, 0) is 4.74 Å². The molecular formula is C10H18F3O. The molecule has 0 N–H and O–H groups in total. The number of hydrogen-bond acceptors (Lipinski definition) is 1. The first-order valence-electron chi connectivity index (χ1n) is 4.98. The highest BCUT2D eigenvalue weighted by Gasteiger charge is 2.26. The van der Waals surface area contributed by atoms with Crippen molar-refractivity contribution in [1.29, 1.82) is 0 Å². The molecule has 0 spiro atoms. The van der Waals surface area contributed by atoms with Crippen LogP contribution in [0.5, 0.6) is 0 Å². The third kappa shape index (κ3) is 9.84. The lowest BCUT2D eigenvalue weighted by Crippen LogP contribution is -2.13. The molecule has 0 aromatic heterocycles. The summed E-state index contributed by atoms with van der Waals surface area (Å²) in [7, 11) is 0. The molecule has 1 radical (unpaired) electrons. The smallest absolute Gasteiger partial charge is 0.378 e. The number of alkyl halides is 3. The highest BCUT2D eigenvalue weighted by molar-refractivity contribution is 4.73. The van der Waals surface area contributed by atoms with Crippen molar-refractivity contribution in [1.82, 2.24) is 0 Å². The van der Waals surface area contributed by atoms with Gasteiger partial charge in [-0.05, 0) is 19.8 Å². The van der Waals surface area contributed by atoms with Gasteiger partial charge >= 0.3 is 6.18 Å². The van der Waals surface area contributed by atoms with E-state index in [9.17, 15) is 13.2 Å². The van der Waals surface area contributed by atoms with Crippen LogP contribution < -0.4 is 0 Å². The molecule has 0 saturated heterocycles. The summed E-state index contributed by atoms with van der Waals surface area (Å²) in [5, 5.41) is 0. The van der Waals surface area contributed by atoms with E-state index in [1.807, 2.05) is 6.92 Å². The largest absolute Gasteiger partial charge is 0.392 e. The average molecular weight is 211 g/mol. The molecule has 0 bridgehead atoms. The van der Waals surface area contributed by atoms with Crippen molar-refractivity contribution in [3.05, 3.63) is 6.42 Å².